The second-order valence-corrected chi connectivity index (χ2v) is 11.2. The lowest BCUT2D eigenvalue weighted by Crippen LogP contribution is -2.40. The topological polar surface area (TPSA) is 110 Å². The van der Waals surface area contributed by atoms with Crippen LogP contribution >= 0.6 is 0 Å². The molecule has 3 aromatic rings. The van der Waals surface area contributed by atoms with Crippen molar-refractivity contribution < 1.29 is 41.0 Å². The number of hydrogen-bond donors (Lipinski definition) is 2. The second-order valence-electron chi connectivity index (χ2n) is 11.2. The van der Waals surface area contributed by atoms with E-state index in [0.29, 0.717) is 22.6 Å². The van der Waals surface area contributed by atoms with Gasteiger partial charge in [0.1, 0.15) is 12.6 Å². The minimum atomic E-state index is -4.62. The first-order chi connectivity index (χ1) is 20.8. The molecule has 1 aliphatic heterocycles. The zero-order chi connectivity index (χ0) is 31.6. The third kappa shape index (κ3) is 7.03. The number of benzene rings is 1. The highest BCUT2D eigenvalue weighted by molar-refractivity contribution is 5.78. The van der Waals surface area contributed by atoms with Gasteiger partial charge in [0.2, 0.25) is 5.92 Å². The Morgan fingerprint density at radius 2 is 1.91 bits per heavy atom. The molecule has 1 aliphatic carbocycles. The SMILES string of the molecule is COC[C@H](c1cc2nc([C@@H](NC(=O)OCc3ccccc3)C3CCC(F)(F)CC3)cn2nc1C)N1C[C@@H](C(F)(F)F)NC1=O. The van der Waals surface area contributed by atoms with Crippen molar-refractivity contribution in [3.63, 3.8) is 0 Å². The molecule has 2 aliphatic rings. The smallest absolute Gasteiger partial charge is 0.410 e. The number of hydrogen-bond acceptors (Lipinski definition) is 6. The van der Waals surface area contributed by atoms with Crippen LogP contribution in [0.3, 0.4) is 0 Å². The number of aromatic nitrogens is 3. The molecule has 1 saturated carbocycles. The molecule has 3 amide bonds. The van der Waals surface area contributed by atoms with Crippen molar-refractivity contribution in [2.45, 2.75) is 69.4 Å². The lowest BCUT2D eigenvalue weighted by atomic mass is 9.81. The van der Waals surface area contributed by atoms with E-state index in [-0.39, 0.29) is 44.8 Å². The van der Waals surface area contributed by atoms with E-state index in [9.17, 15) is 31.5 Å². The zero-order valence-electron chi connectivity index (χ0n) is 24.1. The molecule has 44 heavy (non-hydrogen) atoms. The number of rotatable bonds is 9. The van der Waals surface area contributed by atoms with Gasteiger partial charge >= 0.3 is 18.3 Å². The molecular weight excluding hydrogens is 591 g/mol. The number of methoxy groups -OCH3 is 1. The molecule has 3 atom stereocenters. The van der Waals surface area contributed by atoms with Crippen LogP contribution in [-0.4, -0.2) is 70.0 Å². The van der Waals surface area contributed by atoms with Gasteiger partial charge < -0.3 is 25.0 Å². The molecule has 5 rings (SSSR count). The van der Waals surface area contributed by atoms with E-state index in [0.717, 1.165) is 10.5 Å². The number of ether oxygens (including phenoxy) is 2. The molecule has 1 aromatic carbocycles. The largest absolute Gasteiger partial charge is 0.445 e. The molecule has 10 nitrogen and oxygen atoms in total. The number of aryl methyl sites for hydroxylation is 1. The quantitative estimate of drug-likeness (QED) is 0.306. The van der Waals surface area contributed by atoms with E-state index in [1.807, 2.05) is 23.5 Å². The maximum atomic E-state index is 14.0. The number of nitrogens with one attached hydrogen (secondary N) is 2. The monoisotopic (exact) mass is 624 g/mol. The summed E-state index contributed by atoms with van der Waals surface area (Å²) in [5.41, 5.74) is 2.27. The van der Waals surface area contributed by atoms with E-state index >= 15 is 0 Å². The Hall–Kier alpha value is -4.01. The number of carbonyl (C=O) groups is 2. The predicted molar refractivity (Wildman–Crippen MR) is 147 cm³/mol. The maximum Gasteiger partial charge on any atom is 0.410 e. The molecule has 2 aromatic heterocycles. The van der Waals surface area contributed by atoms with Gasteiger partial charge in [-0.15, -0.1) is 0 Å². The van der Waals surface area contributed by atoms with Crippen LogP contribution in [0.15, 0.2) is 42.6 Å². The van der Waals surface area contributed by atoms with E-state index in [4.69, 9.17) is 9.47 Å². The average Bonchev–Trinajstić information content (AvgIpc) is 3.57. The maximum absolute atomic E-state index is 14.0. The van der Waals surface area contributed by atoms with Gasteiger partial charge in [0.05, 0.1) is 42.8 Å². The molecule has 0 bridgehead atoms. The Bertz CT molecular complexity index is 1470. The first-order valence-corrected chi connectivity index (χ1v) is 14.2. The van der Waals surface area contributed by atoms with Crippen molar-refractivity contribution >= 4 is 17.8 Å². The fourth-order valence-electron chi connectivity index (χ4n) is 5.77. The third-order valence-electron chi connectivity index (χ3n) is 8.12. The van der Waals surface area contributed by atoms with E-state index in [2.05, 4.69) is 15.4 Å². The van der Waals surface area contributed by atoms with Crippen LogP contribution in [-0.2, 0) is 16.1 Å². The van der Waals surface area contributed by atoms with Gasteiger partial charge in [0.25, 0.3) is 0 Å². The highest BCUT2D eigenvalue weighted by atomic mass is 19.4. The molecule has 0 unspecified atom stereocenters. The summed E-state index contributed by atoms with van der Waals surface area (Å²) in [6.07, 6.45) is -4.17. The third-order valence-corrected chi connectivity index (χ3v) is 8.12. The highest BCUT2D eigenvalue weighted by Crippen LogP contribution is 2.41. The Morgan fingerprint density at radius 3 is 2.55 bits per heavy atom. The van der Waals surface area contributed by atoms with Crippen LogP contribution in [0.5, 0.6) is 0 Å². The Labute approximate surface area is 249 Å². The molecule has 0 spiro atoms. The first kappa shape index (κ1) is 31.4. The van der Waals surface area contributed by atoms with Crippen LogP contribution in [0.1, 0.15) is 60.3 Å². The highest BCUT2D eigenvalue weighted by Gasteiger charge is 2.49. The number of alkyl carbamates (subject to hydrolysis) is 1. The fraction of sp³-hybridized carbons (Fsp3) is 0.517. The summed E-state index contributed by atoms with van der Waals surface area (Å²) in [7, 11) is 1.37. The predicted octanol–water partition coefficient (Wildman–Crippen LogP) is 5.47. The van der Waals surface area contributed by atoms with Gasteiger partial charge in [-0.3, -0.25) is 0 Å². The fourth-order valence-corrected chi connectivity index (χ4v) is 5.77. The average molecular weight is 625 g/mol. The standard InChI is InChI=1S/C29H33F5N6O4/c1-17-20(22(16-43-2)39-14-23(29(32,33)34)36-26(39)41)12-24-35-21(13-40(24)38-17)25(19-8-10-28(30,31)11-9-19)37-27(42)44-15-18-6-4-3-5-7-18/h3-7,12-13,19,22-23,25H,8-11,14-16H2,1-2H3,(H,36,41)(H,37,42)/t22-,23+,25+/m1/s1. The Morgan fingerprint density at radius 1 is 1.20 bits per heavy atom. The Kier molecular flexibility index (Phi) is 8.95. The Balaban J connectivity index is 1.42. The van der Waals surface area contributed by atoms with Crippen LogP contribution in [0.4, 0.5) is 31.5 Å². The minimum Gasteiger partial charge on any atom is -0.445 e. The number of carbonyl (C=O) groups excluding carboxylic acids is 2. The van der Waals surface area contributed by atoms with Crippen molar-refractivity contribution in [1.82, 2.24) is 30.1 Å². The molecule has 2 N–H and O–H groups in total. The second kappa shape index (κ2) is 12.5. The summed E-state index contributed by atoms with van der Waals surface area (Å²) in [6, 6.07) is 6.07. The number of nitrogens with zero attached hydrogens (tertiary/aromatic N) is 4. The van der Waals surface area contributed by atoms with E-state index in [1.165, 1.54) is 11.6 Å². The minimum absolute atomic E-state index is 0.0115. The molecule has 1 saturated heterocycles. The van der Waals surface area contributed by atoms with Crippen molar-refractivity contribution in [1.29, 1.82) is 0 Å². The van der Waals surface area contributed by atoms with Gasteiger partial charge in [-0.25, -0.2) is 27.9 Å². The molecule has 0 radical (unpaired) electrons. The van der Waals surface area contributed by atoms with Crippen LogP contribution in [0.25, 0.3) is 5.65 Å². The summed E-state index contributed by atoms with van der Waals surface area (Å²) < 4.78 is 80.2. The van der Waals surface area contributed by atoms with Gasteiger partial charge in [-0.2, -0.15) is 18.3 Å². The number of amides is 3. The van der Waals surface area contributed by atoms with Crippen molar-refractivity contribution in [2.24, 2.45) is 5.92 Å². The number of alkyl halides is 5. The number of imidazole rings is 1. The van der Waals surface area contributed by atoms with Crippen LogP contribution in [0, 0.1) is 12.8 Å². The summed E-state index contributed by atoms with van der Waals surface area (Å²) >= 11 is 0. The number of urea groups is 1. The van der Waals surface area contributed by atoms with Gasteiger partial charge in [-0.1, -0.05) is 30.3 Å². The summed E-state index contributed by atoms with van der Waals surface area (Å²) in [5, 5.41) is 9.30. The van der Waals surface area contributed by atoms with Crippen LogP contribution in [0.2, 0.25) is 0 Å². The number of halogens is 5. The van der Waals surface area contributed by atoms with Crippen molar-refractivity contribution in [3.05, 3.63) is 65.1 Å². The molecule has 238 valence electrons. The van der Waals surface area contributed by atoms with Gasteiger partial charge in [-0.05, 0) is 37.3 Å². The van der Waals surface area contributed by atoms with E-state index in [1.54, 1.807) is 31.3 Å². The zero-order valence-corrected chi connectivity index (χ0v) is 24.1. The first-order valence-electron chi connectivity index (χ1n) is 14.2. The lowest BCUT2D eigenvalue weighted by molar-refractivity contribution is -0.150. The van der Waals surface area contributed by atoms with Crippen molar-refractivity contribution in [3.8, 4) is 0 Å². The summed E-state index contributed by atoms with van der Waals surface area (Å²) in [6.45, 7) is 0.950. The van der Waals surface area contributed by atoms with Gasteiger partial charge in [0.15, 0.2) is 5.65 Å². The van der Waals surface area contributed by atoms with Crippen LogP contribution < -0.4 is 10.6 Å². The van der Waals surface area contributed by atoms with Gasteiger partial charge in [0, 0.05) is 25.5 Å². The lowest BCUT2D eigenvalue weighted by Gasteiger charge is -2.33. The van der Waals surface area contributed by atoms with E-state index < -0.39 is 48.9 Å². The number of fused-ring (bicyclic) bond motifs is 1. The summed E-state index contributed by atoms with van der Waals surface area (Å²) in [5.74, 6) is -3.15. The molecule has 2 fully saturated rings. The molecule has 15 heteroatoms. The normalized spacial score (nSPS) is 20.4. The van der Waals surface area contributed by atoms with Crippen molar-refractivity contribution in [2.75, 3.05) is 20.3 Å². The molecular formula is C29H33F5N6O4. The molecule has 3 heterocycles. The summed E-state index contributed by atoms with van der Waals surface area (Å²) in [4.78, 5) is 31.1.